The van der Waals surface area contributed by atoms with Crippen molar-refractivity contribution in [3.8, 4) is 0 Å². The molecule has 0 bridgehead atoms. The summed E-state index contributed by atoms with van der Waals surface area (Å²) in [5, 5.41) is 18.4. The molecule has 0 aliphatic carbocycles. The number of halogens is 1. The largest absolute Gasteiger partial charge is 0.396 e. The third kappa shape index (κ3) is 2.80. The average Bonchev–Trinajstić information content (AvgIpc) is 2.15. The molecule has 0 aliphatic rings. The van der Waals surface area contributed by atoms with Crippen molar-refractivity contribution >= 4 is 23.4 Å². The highest BCUT2D eigenvalue weighted by Gasteiger charge is 2.08. The van der Waals surface area contributed by atoms with E-state index in [1.807, 2.05) is 0 Å². The lowest BCUT2D eigenvalue weighted by atomic mass is 10.4. The molecule has 0 fully saturated rings. The van der Waals surface area contributed by atoms with E-state index in [9.17, 15) is 0 Å². The lowest BCUT2D eigenvalue weighted by Gasteiger charge is -2.05. The smallest absolute Gasteiger partial charge is 0.139 e. The molecule has 6 heteroatoms. The van der Waals surface area contributed by atoms with E-state index in [4.69, 9.17) is 21.8 Å². The Morgan fingerprint density at radius 3 is 2.77 bits per heavy atom. The van der Waals surface area contributed by atoms with E-state index in [1.165, 1.54) is 18.1 Å². The van der Waals surface area contributed by atoms with Crippen LogP contribution in [-0.2, 0) is 6.61 Å². The molecule has 0 atom stereocenters. The average molecular weight is 221 g/mol. The number of aliphatic hydroxyl groups excluding tert-OH is 2. The van der Waals surface area contributed by atoms with Crippen molar-refractivity contribution in [1.29, 1.82) is 0 Å². The van der Waals surface area contributed by atoms with Gasteiger partial charge in [-0.2, -0.15) is 0 Å². The van der Waals surface area contributed by atoms with Crippen molar-refractivity contribution in [1.82, 2.24) is 9.97 Å². The van der Waals surface area contributed by atoms with Gasteiger partial charge in [-0.15, -0.1) is 11.8 Å². The molecule has 0 spiro atoms. The Morgan fingerprint density at radius 2 is 2.15 bits per heavy atom. The second kappa shape index (κ2) is 5.39. The van der Waals surface area contributed by atoms with Crippen molar-refractivity contribution in [3.63, 3.8) is 0 Å². The van der Waals surface area contributed by atoms with Gasteiger partial charge >= 0.3 is 0 Å². The van der Waals surface area contributed by atoms with Crippen molar-refractivity contribution in [2.24, 2.45) is 0 Å². The second-order valence-electron chi connectivity index (χ2n) is 2.18. The molecule has 1 rings (SSSR count). The first-order chi connectivity index (χ1) is 6.29. The third-order valence-electron chi connectivity index (χ3n) is 1.34. The van der Waals surface area contributed by atoms with Crippen LogP contribution in [0.4, 0.5) is 0 Å². The molecule has 0 amide bonds. The molecule has 1 aromatic heterocycles. The van der Waals surface area contributed by atoms with Crippen LogP contribution in [0.2, 0.25) is 5.15 Å². The monoisotopic (exact) mass is 220 g/mol. The number of nitrogens with zero attached hydrogens (tertiary/aromatic N) is 2. The van der Waals surface area contributed by atoms with Crippen LogP contribution in [0.1, 0.15) is 5.56 Å². The van der Waals surface area contributed by atoms with Gasteiger partial charge in [0.2, 0.25) is 0 Å². The summed E-state index contributed by atoms with van der Waals surface area (Å²) >= 11 is 7.06. The minimum atomic E-state index is -0.187. The van der Waals surface area contributed by atoms with Gasteiger partial charge in [0.05, 0.1) is 13.2 Å². The van der Waals surface area contributed by atoms with Crippen LogP contribution in [0.15, 0.2) is 11.4 Å². The zero-order valence-corrected chi connectivity index (χ0v) is 8.35. The first kappa shape index (κ1) is 10.7. The molecule has 4 nitrogen and oxygen atoms in total. The molecule has 72 valence electrons. The molecule has 0 aromatic carbocycles. The first-order valence-corrected chi connectivity index (χ1v) is 4.99. The normalized spacial score (nSPS) is 10.4. The van der Waals surface area contributed by atoms with E-state index >= 15 is 0 Å². The first-order valence-electron chi connectivity index (χ1n) is 3.63. The third-order valence-corrected chi connectivity index (χ3v) is 2.68. The lowest BCUT2D eigenvalue weighted by Crippen LogP contribution is -1.97. The molecule has 1 heterocycles. The zero-order valence-electron chi connectivity index (χ0n) is 6.77. The quantitative estimate of drug-likeness (QED) is 0.578. The number of rotatable bonds is 4. The molecule has 0 saturated carbocycles. The van der Waals surface area contributed by atoms with Gasteiger partial charge in [0.1, 0.15) is 16.5 Å². The van der Waals surface area contributed by atoms with E-state index in [-0.39, 0.29) is 18.4 Å². The summed E-state index contributed by atoms with van der Waals surface area (Å²) in [6.07, 6.45) is 1.33. The van der Waals surface area contributed by atoms with Gasteiger partial charge in [0.25, 0.3) is 0 Å². The Kier molecular flexibility index (Phi) is 4.44. The number of aromatic nitrogens is 2. The van der Waals surface area contributed by atoms with Gasteiger partial charge in [-0.05, 0) is 0 Å². The maximum Gasteiger partial charge on any atom is 0.139 e. The minimum absolute atomic E-state index is 0.0666. The summed E-state index contributed by atoms with van der Waals surface area (Å²) in [6.45, 7) is -0.120. The highest BCUT2D eigenvalue weighted by Crippen LogP contribution is 2.24. The molecule has 1 aromatic rings. The van der Waals surface area contributed by atoms with E-state index in [2.05, 4.69) is 9.97 Å². The number of aliphatic hydroxyl groups is 2. The van der Waals surface area contributed by atoms with E-state index in [0.717, 1.165) is 0 Å². The Labute approximate surface area is 85.0 Å². The van der Waals surface area contributed by atoms with Crippen molar-refractivity contribution < 1.29 is 10.2 Å². The molecule has 0 radical (unpaired) electrons. The van der Waals surface area contributed by atoms with Crippen LogP contribution in [0.25, 0.3) is 0 Å². The summed E-state index contributed by atoms with van der Waals surface area (Å²) < 4.78 is 0. The summed E-state index contributed by atoms with van der Waals surface area (Å²) in [7, 11) is 0. The molecule has 13 heavy (non-hydrogen) atoms. The molecular formula is C7H9ClN2O2S. The standard InChI is InChI=1S/C7H9ClN2O2S/c8-6-5(3-12)7(10-4-9-6)13-2-1-11/h4,11-12H,1-3H2. The van der Waals surface area contributed by atoms with Crippen molar-refractivity contribution in [2.45, 2.75) is 11.6 Å². The van der Waals surface area contributed by atoms with E-state index < -0.39 is 0 Å². The molecule has 0 unspecified atom stereocenters. The van der Waals surface area contributed by atoms with Gasteiger partial charge in [-0.3, -0.25) is 0 Å². The number of hydrogen-bond donors (Lipinski definition) is 2. The summed E-state index contributed by atoms with van der Waals surface area (Å²) in [5.41, 5.74) is 0.516. The maximum absolute atomic E-state index is 8.96. The summed E-state index contributed by atoms with van der Waals surface area (Å²) in [4.78, 5) is 7.68. The Hall–Kier alpha value is -0.360. The summed E-state index contributed by atoms with van der Waals surface area (Å²) in [5.74, 6) is 0.528. The highest BCUT2D eigenvalue weighted by molar-refractivity contribution is 7.99. The molecular weight excluding hydrogens is 212 g/mol. The molecule has 2 N–H and O–H groups in total. The van der Waals surface area contributed by atoms with Gasteiger partial charge in [0.15, 0.2) is 0 Å². The second-order valence-corrected chi connectivity index (χ2v) is 3.62. The van der Waals surface area contributed by atoms with Gasteiger partial charge in [0, 0.05) is 11.3 Å². The van der Waals surface area contributed by atoms with E-state index in [1.54, 1.807) is 0 Å². The van der Waals surface area contributed by atoms with Crippen LogP contribution in [0, 0.1) is 0 Å². The van der Waals surface area contributed by atoms with Crippen LogP contribution < -0.4 is 0 Å². The zero-order chi connectivity index (χ0) is 9.68. The fraction of sp³-hybridized carbons (Fsp3) is 0.429. The summed E-state index contributed by atoms with van der Waals surface area (Å²) in [6, 6.07) is 0. The fourth-order valence-electron chi connectivity index (χ4n) is 0.776. The van der Waals surface area contributed by atoms with Crippen molar-refractivity contribution in [2.75, 3.05) is 12.4 Å². The predicted octanol–water partition coefficient (Wildman–Crippen LogP) is 0.707. The van der Waals surface area contributed by atoms with Gasteiger partial charge < -0.3 is 10.2 Å². The van der Waals surface area contributed by atoms with Crippen LogP contribution >= 0.6 is 23.4 Å². The van der Waals surface area contributed by atoms with Crippen LogP contribution in [-0.4, -0.2) is 32.5 Å². The van der Waals surface area contributed by atoms with Gasteiger partial charge in [-0.25, -0.2) is 9.97 Å². The fourth-order valence-corrected chi connectivity index (χ4v) is 1.77. The van der Waals surface area contributed by atoms with Crippen LogP contribution in [0.3, 0.4) is 0 Å². The number of thioether (sulfide) groups is 1. The topological polar surface area (TPSA) is 66.2 Å². The Bertz CT molecular complexity index is 285. The predicted molar refractivity (Wildman–Crippen MR) is 50.8 cm³/mol. The highest BCUT2D eigenvalue weighted by atomic mass is 35.5. The number of hydrogen-bond acceptors (Lipinski definition) is 5. The molecule has 0 saturated heterocycles. The minimum Gasteiger partial charge on any atom is -0.396 e. The SMILES string of the molecule is OCCSc1ncnc(Cl)c1CO. The maximum atomic E-state index is 8.96. The Balaban J connectivity index is 2.85. The van der Waals surface area contributed by atoms with Crippen LogP contribution in [0.5, 0.6) is 0 Å². The molecule has 0 aliphatic heterocycles. The lowest BCUT2D eigenvalue weighted by molar-refractivity contribution is 0.277. The van der Waals surface area contributed by atoms with Crippen molar-refractivity contribution in [3.05, 3.63) is 17.0 Å². The van der Waals surface area contributed by atoms with Gasteiger partial charge in [-0.1, -0.05) is 11.6 Å². The van der Waals surface area contributed by atoms with E-state index in [0.29, 0.717) is 16.3 Å². The Morgan fingerprint density at radius 1 is 1.38 bits per heavy atom.